The molecular formula is C25H33Cl2N3O4S. The van der Waals surface area contributed by atoms with Gasteiger partial charge in [-0.25, -0.2) is 8.42 Å². The van der Waals surface area contributed by atoms with Gasteiger partial charge in [0, 0.05) is 25.0 Å². The maximum absolute atomic E-state index is 13.3. The maximum Gasteiger partial charge on any atom is 0.242 e. The molecule has 2 amide bonds. The molecule has 1 N–H and O–H groups in total. The lowest BCUT2D eigenvalue weighted by molar-refractivity contribution is -0.141. The highest BCUT2D eigenvalue weighted by Crippen LogP contribution is 2.24. The van der Waals surface area contributed by atoms with Crippen LogP contribution in [0, 0.1) is 0 Å². The molecule has 1 atom stereocenters. The number of hydrogen-bond acceptors (Lipinski definition) is 4. The van der Waals surface area contributed by atoms with Gasteiger partial charge in [-0.15, -0.1) is 0 Å². The Morgan fingerprint density at radius 3 is 2.20 bits per heavy atom. The van der Waals surface area contributed by atoms with E-state index >= 15 is 0 Å². The van der Waals surface area contributed by atoms with Crippen LogP contribution in [0.3, 0.4) is 0 Å². The van der Waals surface area contributed by atoms with Crippen molar-refractivity contribution < 1.29 is 18.0 Å². The van der Waals surface area contributed by atoms with Crippen LogP contribution in [0.15, 0.2) is 48.5 Å². The van der Waals surface area contributed by atoms with Crippen molar-refractivity contribution in [3.8, 4) is 0 Å². The van der Waals surface area contributed by atoms with Crippen molar-refractivity contribution in [2.45, 2.75) is 58.7 Å². The first-order valence-corrected chi connectivity index (χ1v) is 13.9. The van der Waals surface area contributed by atoms with E-state index < -0.39 is 21.6 Å². The Morgan fingerprint density at radius 2 is 1.66 bits per heavy atom. The Hall–Kier alpha value is -2.29. The Labute approximate surface area is 218 Å². The number of amides is 2. The minimum Gasteiger partial charge on any atom is -0.350 e. The van der Waals surface area contributed by atoms with E-state index in [-0.39, 0.29) is 37.7 Å². The lowest BCUT2D eigenvalue weighted by atomic mass is 10.1. The standard InChI is InChI=1S/C25H33Cl2N3O4S/c1-18(24(32)28-25(2,3)4)29(17-19-13-14-21(26)22(27)16-19)23(31)12-9-15-30(35(5,33)34)20-10-7-6-8-11-20/h6-8,10-11,13-14,16,18H,9,12,15,17H2,1-5H3,(H,28,32)/t18-/m1/s1. The smallest absolute Gasteiger partial charge is 0.242 e. The Kier molecular flexibility index (Phi) is 10.0. The summed E-state index contributed by atoms with van der Waals surface area (Å²) < 4.78 is 25.9. The predicted octanol–water partition coefficient (Wildman–Crippen LogP) is 4.87. The highest BCUT2D eigenvalue weighted by atomic mass is 35.5. The summed E-state index contributed by atoms with van der Waals surface area (Å²) in [5.74, 6) is -0.554. The number of nitrogens with one attached hydrogen (secondary N) is 1. The van der Waals surface area contributed by atoms with Gasteiger partial charge in [-0.2, -0.15) is 0 Å². The van der Waals surface area contributed by atoms with Crippen molar-refractivity contribution in [2.75, 3.05) is 17.1 Å². The molecule has 0 aliphatic heterocycles. The van der Waals surface area contributed by atoms with Gasteiger partial charge >= 0.3 is 0 Å². The van der Waals surface area contributed by atoms with Gasteiger partial charge in [0.05, 0.1) is 22.0 Å². The highest BCUT2D eigenvalue weighted by molar-refractivity contribution is 7.92. The molecule has 2 rings (SSSR count). The van der Waals surface area contributed by atoms with Crippen LogP contribution < -0.4 is 9.62 Å². The molecule has 0 bridgehead atoms. The van der Waals surface area contributed by atoms with E-state index in [9.17, 15) is 18.0 Å². The summed E-state index contributed by atoms with van der Waals surface area (Å²) in [7, 11) is -3.53. The second-order valence-corrected chi connectivity index (χ2v) is 12.2. The summed E-state index contributed by atoms with van der Waals surface area (Å²) in [5.41, 5.74) is 0.799. The SMILES string of the molecule is C[C@H](C(=O)NC(C)(C)C)N(Cc1ccc(Cl)c(Cl)c1)C(=O)CCCN(c1ccccc1)S(C)(=O)=O. The van der Waals surface area contributed by atoms with Crippen molar-refractivity contribution >= 4 is 50.7 Å². The first-order chi connectivity index (χ1) is 16.2. The molecule has 0 aliphatic carbocycles. The fraction of sp³-hybridized carbons (Fsp3) is 0.440. The summed E-state index contributed by atoms with van der Waals surface area (Å²) in [6.07, 6.45) is 1.48. The molecule has 0 spiro atoms. The average molecular weight is 543 g/mol. The summed E-state index contributed by atoms with van der Waals surface area (Å²) in [5, 5.41) is 3.66. The Balaban J connectivity index is 2.20. The molecule has 0 aromatic heterocycles. The number of benzene rings is 2. The first-order valence-electron chi connectivity index (χ1n) is 11.3. The van der Waals surface area contributed by atoms with Crippen LogP contribution in [0.5, 0.6) is 0 Å². The molecule has 35 heavy (non-hydrogen) atoms. The summed E-state index contributed by atoms with van der Waals surface area (Å²) in [6, 6.07) is 13.0. The lowest BCUT2D eigenvalue weighted by Crippen LogP contribution is -2.52. The average Bonchev–Trinajstić information content (AvgIpc) is 2.75. The second-order valence-electron chi connectivity index (χ2n) is 9.46. The molecule has 7 nitrogen and oxygen atoms in total. The quantitative estimate of drug-likeness (QED) is 0.464. The molecular weight excluding hydrogens is 509 g/mol. The van der Waals surface area contributed by atoms with E-state index in [1.54, 1.807) is 55.5 Å². The van der Waals surface area contributed by atoms with Crippen LogP contribution in [0.25, 0.3) is 0 Å². The van der Waals surface area contributed by atoms with Gasteiger partial charge in [0.25, 0.3) is 0 Å². The maximum atomic E-state index is 13.3. The highest BCUT2D eigenvalue weighted by Gasteiger charge is 2.28. The van der Waals surface area contributed by atoms with Gasteiger partial charge in [0.15, 0.2) is 0 Å². The van der Waals surface area contributed by atoms with E-state index in [0.717, 1.165) is 11.8 Å². The third kappa shape index (κ3) is 9.02. The fourth-order valence-electron chi connectivity index (χ4n) is 3.49. The lowest BCUT2D eigenvalue weighted by Gasteiger charge is -2.32. The van der Waals surface area contributed by atoms with Crippen LogP contribution in [0.4, 0.5) is 5.69 Å². The monoisotopic (exact) mass is 541 g/mol. The molecule has 192 valence electrons. The number of nitrogens with zero attached hydrogens (tertiary/aromatic N) is 2. The van der Waals surface area contributed by atoms with Gasteiger partial charge in [-0.3, -0.25) is 13.9 Å². The number of hydrogen-bond donors (Lipinski definition) is 1. The minimum atomic E-state index is -3.53. The van der Waals surface area contributed by atoms with E-state index in [4.69, 9.17) is 23.2 Å². The normalized spacial score (nSPS) is 12.7. The zero-order chi connectivity index (χ0) is 26.4. The number of carbonyl (C=O) groups excluding carboxylic acids is 2. The topological polar surface area (TPSA) is 86.8 Å². The third-order valence-electron chi connectivity index (χ3n) is 5.20. The number of anilines is 1. The zero-order valence-electron chi connectivity index (χ0n) is 20.7. The van der Waals surface area contributed by atoms with Crippen molar-refractivity contribution in [1.82, 2.24) is 10.2 Å². The number of carbonyl (C=O) groups is 2. The summed E-state index contributed by atoms with van der Waals surface area (Å²) in [4.78, 5) is 27.7. The minimum absolute atomic E-state index is 0.0628. The molecule has 0 saturated heterocycles. The predicted molar refractivity (Wildman–Crippen MR) is 142 cm³/mol. The van der Waals surface area contributed by atoms with E-state index in [0.29, 0.717) is 15.7 Å². The van der Waals surface area contributed by atoms with Gasteiger partial charge in [-0.1, -0.05) is 47.5 Å². The van der Waals surface area contributed by atoms with Crippen molar-refractivity contribution in [3.05, 3.63) is 64.1 Å². The van der Waals surface area contributed by atoms with Crippen molar-refractivity contribution in [1.29, 1.82) is 0 Å². The van der Waals surface area contributed by atoms with Crippen LogP contribution in [0.2, 0.25) is 10.0 Å². The number of sulfonamides is 1. The first kappa shape index (κ1) is 28.9. The number of para-hydroxylation sites is 1. The fourth-order valence-corrected chi connectivity index (χ4v) is 4.78. The van der Waals surface area contributed by atoms with Gasteiger partial charge < -0.3 is 10.2 Å². The van der Waals surface area contributed by atoms with Crippen LogP contribution in [-0.2, 0) is 26.2 Å². The largest absolute Gasteiger partial charge is 0.350 e. The molecule has 2 aromatic rings. The second kappa shape index (κ2) is 12.1. The molecule has 2 aromatic carbocycles. The number of rotatable bonds is 10. The van der Waals surface area contributed by atoms with E-state index in [2.05, 4.69) is 5.32 Å². The van der Waals surface area contributed by atoms with Gasteiger partial charge in [0.1, 0.15) is 6.04 Å². The van der Waals surface area contributed by atoms with Crippen LogP contribution in [-0.4, -0.2) is 49.5 Å². The van der Waals surface area contributed by atoms with Gasteiger partial charge in [-0.05, 0) is 63.9 Å². The Bertz CT molecular complexity index is 1140. The van der Waals surface area contributed by atoms with E-state index in [1.165, 1.54) is 9.21 Å². The Morgan fingerprint density at radius 1 is 1.03 bits per heavy atom. The van der Waals surface area contributed by atoms with Crippen LogP contribution in [0.1, 0.15) is 46.1 Å². The molecule has 0 aliphatic rings. The zero-order valence-corrected chi connectivity index (χ0v) is 23.0. The number of halogens is 2. The third-order valence-corrected chi connectivity index (χ3v) is 7.13. The molecule has 0 radical (unpaired) electrons. The molecule has 0 saturated carbocycles. The van der Waals surface area contributed by atoms with Crippen LogP contribution >= 0.6 is 23.2 Å². The molecule has 0 unspecified atom stereocenters. The van der Waals surface area contributed by atoms with E-state index in [1.807, 2.05) is 20.8 Å². The molecule has 10 heteroatoms. The van der Waals surface area contributed by atoms with Crippen molar-refractivity contribution in [3.63, 3.8) is 0 Å². The molecule has 0 heterocycles. The summed E-state index contributed by atoms with van der Waals surface area (Å²) in [6.45, 7) is 7.56. The summed E-state index contributed by atoms with van der Waals surface area (Å²) >= 11 is 12.2. The van der Waals surface area contributed by atoms with Crippen molar-refractivity contribution in [2.24, 2.45) is 0 Å². The molecule has 0 fully saturated rings. The van der Waals surface area contributed by atoms with Gasteiger partial charge in [0.2, 0.25) is 21.8 Å².